The fourth-order valence-electron chi connectivity index (χ4n) is 3.08. The third-order valence-electron chi connectivity index (χ3n) is 4.44. The Morgan fingerprint density at radius 3 is 2.84 bits per heavy atom. The number of carbonyl (C=O) groups is 1. The van der Waals surface area contributed by atoms with E-state index in [1.54, 1.807) is 41.2 Å². The summed E-state index contributed by atoms with van der Waals surface area (Å²) in [6.07, 6.45) is 6.63. The summed E-state index contributed by atoms with van der Waals surface area (Å²) < 4.78 is 21.8. The van der Waals surface area contributed by atoms with Gasteiger partial charge in [-0.2, -0.15) is 0 Å². The van der Waals surface area contributed by atoms with Gasteiger partial charge in [0.05, 0.1) is 24.8 Å². The van der Waals surface area contributed by atoms with E-state index in [0.29, 0.717) is 35.5 Å². The summed E-state index contributed by atoms with van der Waals surface area (Å²) in [5, 5.41) is 0. The quantitative estimate of drug-likeness (QED) is 0.800. The fourth-order valence-corrected chi connectivity index (χ4v) is 3.08. The number of ether oxygens (including phenoxy) is 1. The van der Waals surface area contributed by atoms with Crippen molar-refractivity contribution in [2.45, 2.75) is 26.7 Å². The minimum Gasteiger partial charge on any atom is -0.495 e. The van der Waals surface area contributed by atoms with Gasteiger partial charge in [0.2, 0.25) is 5.91 Å². The molecule has 1 aliphatic rings. The molecule has 3 rings (SSSR count). The highest BCUT2D eigenvalue weighted by Gasteiger charge is 2.22. The average Bonchev–Trinajstić information content (AvgIpc) is 3.04. The molecular weight excluding hydrogens is 321 g/mol. The number of aryl methyl sites for hydroxylation is 1. The van der Waals surface area contributed by atoms with Crippen LogP contribution in [0.5, 0.6) is 5.75 Å². The van der Waals surface area contributed by atoms with E-state index >= 15 is 0 Å². The first kappa shape index (κ1) is 17.2. The number of rotatable bonds is 4. The summed E-state index contributed by atoms with van der Waals surface area (Å²) >= 11 is 0. The molecule has 0 N–H and O–H groups in total. The van der Waals surface area contributed by atoms with Crippen LogP contribution in [0, 0.1) is 12.7 Å². The Bertz CT molecular complexity index is 826. The molecule has 132 valence electrons. The lowest BCUT2D eigenvalue weighted by Crippen LogP contribution is -2.36. The first-order valence-corrected chi connectivity index (χ1v) is 8.41. The van der Waals surface area contributed by atoms with Gasteiger partial charge in [-0.25, -0.2) is 9.37 Å². The smallest absolute Gasteiger partial charge is 0.249 e. The lowest BCUT2D eigenvalue weighted by molar-refractivity contribution is -0.128. The Kier molecular flexibility index (Phi) is 4.88. The molecule has 0 aliphatic carbocycles. The van der Waals surface area contributed by atoms with Gasteiger partial charge in [0.1, 0.15) is 11.6 Å². The number of methoxy groups -OCH3 is 1. The van der Waals surface area contributed by atoms with Gasteiger partial charge in [-0.1, -0.05) is 0 Å². The van der Waals surface area contributed by atoms with Crippen molar-refractivity contribution < 1.29 is 13.9 Å². The molecule has 2 aromatic rings. The highest BCUT2D eigenvalue weighted by Crippen LogP contribution is 2.29. The predicted octanol–water partition coefficient (Wildman–Crippen LogP) is 3.35. The first-order chi connectivity index (χ1) is 12.0. The second-order valence-corrected chi connectivity index (χ2v) is 6.13. The van der Waals surface area contributed by atoms with Crippen LogP contribution in [0.15, 0.2) is 30.2 Å². The number of imidazole rings is 1. The third kappa shape index (κ3) is 3.43. The van der Waals surface area contributed by atoms with Gasteiger partial charge >= 0.3 is 0 Å². The predicted molar refractivity (Wildman–Crippen MR) is 94.3 cm³/mol. The summed E-state index contributed by atoms with van der Waals surface area (Å²) in [5.74, 6) is 0.124. The lowest BCUT2D eigenvalue weighted by Gasteiger charge is -2.27. The van der Waals surface area contributed by atoms with E-state index in [1.165, 1.54) is 6.07 Å². The standard InChI is InChI=1S/C19H22FN3O2/c1-4-22-7-5-6-14(19(22)24)8-15-9-18(25-3)17(10-16(15)20)23-11-13(2)21-12-23/h8-12H,4-7H2,1-3H3/b14-8+. The lowest BCUT2D eigenvalue weighted by atomic mass is 10.0. The largest absolute Gasteiger partial charge is 0.495 e. The van der Waals surface area contributed by atoms with Crippen LogP contribution >= 0.6 is 0 Å². The zero-order valence-corrected chi connectivity index (χ0v) is 14.8. The number of piperidine rings is 1. The SMILES string of the molecule is CCN1CCC/C(=C\c2cc(OC)c(-n3cnc(C)c3)cc2F)C1=O. The number of likely N-dealkylation sites (N-methyl/N-ethyl adjacent to an activating group) is 1. The molecule has 1 aliphatic heterocycles. The molecule has 0 unspecified atom stereocenters. The van der Waals surface area contributed by atoms with Crippen LogP contribution in [0.2, 0.25) is 0 Å². The van der Waals surface area contributed by atoms with Gasteiger partial charge in [0.25, 0.3) is 0 Å². The van der Waals surface area contributed by atoms with E-state index in [9.17, 15) is 9.18 Å². The Morgan fingerprint density at radius 2 is 2.20 bits per heavy atom. The highest BCUT2D eigenvalue weighted by molar-refractivity contribution is 5.98. The summed E-state index contributed by atoms with van der Waals surface area (Å²) in [6, 6.07) is 3.04. The molecule has 0 radical (unpaired) electrons. The van der Waals surface area contributed by atoms with Gasteiger partial charge < -0.3 is 14.2 Å². The summed E-state index contributed by atoms with van der Waals surface area (Å²) in [5.41, 5.74) is 2.41. The maximum absolute atomic E-state index is 14.7. The van der Waals surface area contributed by atoms with Crippen molar-refractivity contribution in [2.75, 3.05) is 20.2 Å². The van der Waals surface area contributed by atoms with Crippen LogP contribution in [0.4, 0.5) is 4.39 Å². The molecule has 1 fully saturated rings. The van der Waals surface area contributed by atoms with Gasteiger partial charge in [-0.3, -0.25) is 4.79 Å². The Morgan fingerprint density at radius 1 is 1.40 bits per heavy atom. The second kappa shape index (κ2) is 7.09. The number of amides is 1. The molecule has 6 heteroatoms. The van der Waals surface area contributed by atoms with Crippen molar-refractivity contribution in [3.8, 4) is 11.4 Å². The average molecular weight is 343 g/mol. The zero-order chi connectivity index (χ0) is 18.0. The van der Waals surface area contributed by atoms with E-state index < -0.39 is 5.82 Å². The summed E-state index contributed by atoms with van der Waals surface area (Å²) in [7, 11) is 1.54. The minimum absolute atomic E-state index is 0.0126. The van der Waals surface area contributed by atoms with Crippen molar-refractivity contribution in [2.24, 2.45) is 0 Å². The van der Waals surface area contributed by atoms with Gasteiger partial charge in [0.15, 0.2) is 0 Å². The molecule has 1 aromatic heterocycles. The summed E-state index contributed by atoms with van der Waals surface area (Å²) in [6.45, 7) is 5.25. The number of carbonyl (C=O) groups excluding carboxylic acids is 1. The number of hydrogen-bond acceptors (Lipinski definition) is 3. The third-order valence-corrected chi connectivity index (χ3v) is 4.44. The Labute approximate surface area is 146 Å². The van der Waals surface area contributed by atoms with Crippen LogP contribution in [-0.2, 0) is 4.79 Å². The highest BCUT2D eigenvalue weighted by atomic mass is 19.1. The van der Waals surface area contributed by atoms with Crippen LogP contribution < -0.4 is 4.74 Å². The molecule has 25 heavy (non-hydrogen) atoms. The van der Waals surface area contributed by atoms with E-state index in [-0.39, 0.29) is 5.91 Å². The van der Waals surface area contributed by atoms with Crippen molar-refractivity contribution in [3.05, 3.63) is 47.3 Å². The van der Waals surface area contributed by atoms with Crippen molar-refractivity contribution in [1.29, 1.82) is 0 Å². The molecule has 1 saturated heterocycles. The van der Waals surface area contributed by atoms with Crippen molar-refractivity contribution in [3.63, 3.8) is 0 Å². The normalized spacial score (nSPS) is 16.6. The minimum atomic E-state index is -0.393. The Balaban J connectivity index is 2.00. The fraction of sp³-hybridized carbons (Fsp3) is 0.368. The second-order valence-electron chi connectivity index (χ2n) is 6.13. The molecule has 5 nitrogen and oxygen atoms in total. The van der Waals surface area contributed by atoms with Crippen LogP contribution in [-0.4, -0.2) is 40.6 Å². The van der Waals surface area contributed by atoms with E-state index in [1.807, 2.05) is 13.8 Å². The maximum Gasteiger partial charge on any atom is 0.249 e. The molecule has 2 heterocycles. The number of nitrogens with zero attached hydrogens (tertiary/aromatic N) is 3. The number of benzene rings is 1. The van der Waals surface area contributed by atoms with Crippen molar-refractivity contribution in [1.82, 2.24) is 14.5 Å². The molecule has 1 aromatic carbocycles. The molecular formula is C19H22FN3O2. The zero-order valence-electron chi connectivity index (χ0n) is 14.8. The Hall–Kier alpha value is -2.63. The van der Waals surface area contributed by atoms with Gasteiger partial charge in [-0.15, -0.1) is 0 Å². The maximum atomic E-state index is 14.7. The number of likely N-dealkylation sites (tertiary alicyclic amines) is 1. The monoisotopic (exact) mass is 343 g/mol. The van der Waals surface area contributed by atoms with Crippen LogP contribution in [0.1, 0.15) is 31.0 Å². The number of halogens is 1. The van der Waals surface area contributed by atoms with Crippen LogP contribution in [0.25, 0.3) is 11.8 Å². The molecule has 0 saturated carbocycles. The number of aromatic nitrogens is 2. The van der Waals surface area contributed by atoms with E-state index in [4.69, 9.17) is 4.74 Å². The molecule has 0 bridgehead atoms. The first-order valence-electron chi connectivity index (χ1n) is 8.41. The van der Waals surface area contributed by atoms with Crippen molar-refractivity contribution >= 4 is 12.0 Å². The number of hydrogen-bond donors (Lipinski definition) is 0. The summed E-state index contributed by atoms with van der Waals surface area (Å²) in [4.78, 5) is 18.4. The topological polar surface area (TPSA) is 47.4 Å². The van der Waals surface area contributed by atoms with Gasteiger partial charge in [-0.05, 0) is 38.8 Å². The van der Waals surface area contributed by atoms with Gasteiger partial charge in [0, 0.05) is 36.5 Å². The molecule has 1 amide bonds. The van der Waals surface area contributed by atoms with Crippen LogP contribution in [0.3, 0.4) is 0 Å². The van der Waals surface area contributed by atoms with E-state index in [2.05, 4.69) is 4.98 Å². The molecule has 0 spiro atoms. The molecule has 0 atom stereocenters. The van der Waals surface area contributed by atoms with E-state index in [0.717, 1.165) is 18.7 Å².